The number of rotatable bonds is 5. The number of likely N-dealkylation sites (N-methyl/N-ethyl adjacent to an activating group) is 1. The largest absolute Gasteiger partial charge is 0.494 e. The molecule has 1 aliphatic rings. The molecule has 1 unspecified atom stereocenters. The van der Waals surface area contributed by atoms with Gasteiger partial charge in [-0.1, -0.05) is 6.07 Å². The van der Waals surface area contributed by atoms with E-state index in [4.69, 9.17) is 4.74 Å². The number of methoxy groups -OCH3 is 1. The van der Waals surface area contributed by atoms with E-state index in [1.165, 1.54) is 13.2 Å². The summed E-state index contributed by atoms with van der Waals surface area (Å²) in [6, 6.07) is 5.53. The average Bonchev–Trinajstić information content (AvgIpc) is 2.39. The van der Waals surface area contributed by atoms with Crippen LogP contribution in [0.1, 0.15) is 5.56 Å². The second-order valence-corrected chi connectivity index (χ2v) is 5.01. The summed E-state index contributed by atoms with van der Waals surface area (Å²) in [6.45, 7) is 4.73. The van der Waals surface area contributed by atoms with Gasteiger partial charge in [-0.05, 0) is 24.7 Å². The molecule has 1 heterocycles. The standard InChI is InChI=1S/C14H22FN3O/c1-18-6-5-17-12(10-18)9-16-8-11-3-4-14(19-2)13(15)7-11/h3-4,7,12,16-17H,5-6,8-10H2,1-2H3. The molecule has 19 heavy (non-hydrogen) atoms. The zero-order chi connectivity index (χ0) is 13.7. The number of nitrogens with one attached hydrogen (secondary N) is 2. The molecule has 106 valence electrons. The van der Waals surface area contributed by atoms with E-state index in [0.717, 1.165) is 31.7 Å². The molecule has 0 amide bonds. The van der Waals surface area contributed by atoms with Gasteiger partial charge in [0.15, 0.2) is 11.6 Å². The van der Waals surface area contributed by atoms with Gasteiger partial charge in [0.05, 0.1) is 7.11 Å². The fourth-order valence-corrected chi connectivity index (χ4v) is 2.34. The van der Waals surface area contributed by atoms with Crippen LogP contribution in [0.5, 0.6) is 5.75 Å². The van der Waals surface area contributed by atoms with Crippen LogP contribution in [0.3, 0.4) is 0 Å². The van der Waals surface area contributed by atoms with Gasteiger partial charge in [-0.15, -0.1) is 0 Å². The molecule has 0 bridgehead atoms. The Morgan fingerprint density at radius 1 is 1.53 bits per heavy atom. The maximum absolute atomic E-state index is 13.5. The summed E-state index contributed by atoms with van der Waals surface area (Å²) in [5.74, 6) is -0.0170. The summed E-state index contributed by atoms with van der Waals surface area (Å²) in [6.07, 6.45) is 0. The van der Waals surface area contributed by atoms with Crippen molar-refractivity contribution in [3.63, 3.8) is 0 Å². The quantitative estimate of drug-likeness (QED) is 0.828. The van der Waals surface area contributed by atoms with E-state index in [0.29, 0.717) is 18.3 Å². The molecule has 0 aromatic heterocycles. The van der Waals surface area contributed by atoms with Gasteiger partial charge in [-0.25, -0.2) is 4.39 Å². The number of benzene rings is 1. The first-order valence-corrected chi connectivity index (χ1v) is 6.64. The van der Waals surface area contributed by atoms with Gasteiger partial charge in [0, 0.05) is 38.8 Å². The van der Waals surface area contributed by atoms with Crippen LogP contribution in [0.25, 0.3) is 0 Å². The van der Waals surface area contributed by atoms with Crippen LogP contribution in [-0.4, -0.2) is 51.3 Å². The number of hydrogen-bond donors (Lipinski definition) is 2. The highest BCUT2D eigenvalue weighted by atomic mass is 19.1. The van der Waals surface area contributed by atoms with E-state index >= 15 is 0 Å². The Kier molecular flexibility index (Phi) is 5.13. The Bertz CT molecular complexity index is 414. The van der Waals surface area contributed by atoms with Gasteiger partial charge in [0.25, 0.3) is 0 Å². The van der Waals surface area contributed by atoms with Gasteiger partial charge in [-0.3, -0.25) is 0 Å². The fourth-order valence-electron chi connectivity index (χ4n) is 2.34. The third-order valence-electron chi connectivity index (χ3n) is 3.39. The number of nitrogens with zero attached hydrogens (tertiary/aromatic N) is 1. The minimum Gasteiger partial charge on any atom is -0.494 e. The third-order valence-corrected chi connectivity index (χ3v) is 3.39. The Hall–Kier alpha value is -1.17. The number of piperazine rings is 1. The molecule has 1 atom stereocenters. The van der Waals surface area contributed by atoms with E-state index in [2.05, 4.69) is 22.6 Å². The van der Waals surface area contributed by atoms with Crippen LogP contribution in [0.15, 0.2) is 18.2 Å². The van der Waals surface area contributed by atoms with E-state index in [9.17, 15) is 4.39 Å². The maximum atomic E-state index is 13.5. The van der Waals surface area contributed by atoms with Crippen molar-refractivity contribution < 1.29 is 9.13 Å². The Balaban J connectivity index is 1.77. The third kappa shape index (κ3) is 4.16. The molecule has 1 saturated heterocycles. The zero-order valence-electron chi connectivity index (χ0n) is 11.6. The highest BCUT2D eigenvalue weighted by Crippen LogP contribution is 2.17. The van der Waals surface area contributed by atoms with E-state index < -0.39 is 0 Å². The predicted octanol–water partition coefficient (Wildman–Crippen LogP) is 0.828. The smallest absolute Gasteiger partial charge is 0.165 e. The lowest BCUT2D eigenvalue weighted by Crippen LogP contribution is -2.52. The predicted molar refractivity (Wildman–Crippen MR) is 73.9 cm³/mol. The normalized spacial score (nSPS) is 20.5. The summed E-state index contributed by atoms with van der Waals surface area (Å²) in [4.78, 5) is 2.32. The molecule has 4 nitrogen and oxygen atoms in total. The van der Waals surface area contributed by atoms with Crippen LogP contribution in [0.4, 0.5) is 4.39 Å². The minimum absolute atomic E-state index is 0.291. The van der Waals surface area contributed by atoms with Crippen molar-refractivity contribution in [3.05, 3.63) is 29.6 Å². The molecule has 1 aromatic carbocycles. The maximum Gasteiger partial charge on any atom is 0.165 e. The first kappa shape index (κ1) is 14.2. The second kappa shape index (κ2) is 6.84. The van der Waals surface area contributed by atoms with Gasteiger partial charge in [-0.2, -0.15) is 0 Å². The van der Waals surface area contributed by atoms with Crippen molar-refractivity contribution in [1.82, 2.24) is 15.5 Å². The van der Waals surface area contributed by atoms with Crippen molar-refractivity contribution in [1.29, 1.82) is 0 Å². The van der Waals surface area contributed by atoms with Gasteiger partial charge < -0.3 is 20.3 Å². The lowest BCUT2D eigenvalue weighted by atomic mass is 10.2. The Labute approximate surface area is 113 Å². The van der Waals surface area contributed by atoms with E-state index in [-0.39, 0.29) is 5.82 Å². The molecule has 0 aliphatic carbocycles. The van der Waals surface area contributed by atoms with Crippen LogP contribution in [0.2, 0.25) is 0 Å². The van der Waals surface area contributed by atoms with E-state index in [1.807, 2.05) is 6.07 Å². The summed E-state index contributed by atoms with van der Waals surface area (Å²) >= 11 is 0. The second-order valence-electron chi connectivity index (χ2n) is 5.01. The first-order chi connectivity index (χ1) is 9.19. The molecule has 0 saturated carbocycles. The number of halogens is 1. The molecule has 5 heteroatoms. The zero-order valence-corrected chi connectivity index (χ0v) is 11.6. The monoisotopic (exact) mass is 267 g/mol. The lowest BCUT2D eigenvalue weighted by molar-refractivity contribution is 0.235. The summed E-state index contributed by atoms with van der Waals surface area (Å²) < 4.78 is 18.4. The molecule has 1 fully saturated rings. The molecular formula is C14H22FN3O. The first-order valence-electron chi connectivity index (χ1n) is 6.64. The molecule has 2 N–H and O–H groups in total. The fraction of sp³-hybridized carbons (Fsp3) is 0.571. The Morgan fingerprint density at radius 3 is 3.05 bits per heavy atom. The highest BCUT2D eigenvalue weighted by molar-refractivity contribution is 5.29. The van der Waals surface area contributed by atoms with Crippen LogP contribution in [-0.2, 0) is 6.54 Å². The van der Waals surface area contributed by atoms with Gasteiger partial charge in [0.2, 0.25) is 0 Å². The van der Waals surface area contributed by atoms with Crippen molar-refractivity contribution in [3.8, 4) is 5.75 Å². The number of hydrogen-bond acceptors (Lipinski definition) is 4. The van der Waals surface area contributed by atoms with Gasteiger partial charge in [0.1, 0.15) is 0 Å². The van der Waals surface area contributed by atoms with E-state index in [1.54, 1.807) is 6.07 Å². The molecule has 1 aliphatic heterocycles. The van der Waals surface area contributed by atoms with Crippen molar-refractivity contribution in [2.45, 2.75) is 12.6 Å². The Morgan fingerprint density at radius 2 is 2.37 bits per heavy atom. The van der Waals surface area contributed by atoms with Crippen molar-refractivity contribution in [2.75, 3.05) is 40.3 Å². The summed E-state index contributed by atoms with van der Waals surface area (Å²) in [5.41, 5.74) is 0.933. The SMILES string of the molecule is COc1ccc(CNCC2CN(C)CCN2)cc1F. The lowest BCUT2D eigenvalue weighted by Gasteiger charge is -2.31. The molecule has 2 rings (SSSR count). The van der Waals surface area contributed by atoms with Gasteiger partial charge >= 0.3 is 0 Å². The highest BCUT2D eigenvalue weighted by Gasteiger charge is 2.15. The van der Waals surface area contributed by atoms with Crippen LogP contribution < -0.4 is 15.4 Å². The number of ether oxygens (including phenoxy) is 1. The minimum atomic E-state index is -0.308. The summed E-state index contributed by atoms with van der Waals surface area (Å²) in [7, 11) is 3.61. The van der Waals surface area contributed by atoms with Crippen LogP contribution in [0, 0.1) is 5.82 Å². The molecule has 0 spiro atoms. The molecule has 0 radical (unpaired) electrons. The van der Waals surface area contributed by atoms with Crippen LogP contribution >= 0.6 is 0 Å². The molecule has 1 aromatic rings. The molecular weight excluding hydrogens is 245 g/mol. The summed E-state index contributed by atoms with van der Waals surface area (Å²) in [5, 5.41) is 6.83. The van der Waals surface area contributed by atoms with Crippen molar-refractivity contribution >= 4 is 0 Å². The van der Waals surface area contributed by atoms with Crippen molar-refractivity contribution in [2.24, 2.45) is 0 Å². The topological polar surface area (TPSA) is 36.5 Å². The average molecular weight is 267 g/mol.